The lowest BCUT2D eigenvalue weighted by Gasteiger charge is -2.20. The zero-order chi connectivity index (χ0) is 19.3. The van der Waals surface area contributed by atoms with Crippen LogP contribution in [0.5, 0.6) is 0 Å². The highest BCUT2D eigenvalue weighted by Crippen LogP contribution is 2.30. The summed E-state index contributed by atoms with van der Waals surface area (Å²) in [6, 6.07) is 4.37. The molecule has 2 amide bonds. The van der Waals surface area contributed by atoms with E-state index in [9.17, 15) is 18.0 Å². The Bertz CT molecular complexity index is 730. The van der Waals surface area contributed by atoms with Crippen molar-refractivity contribution in [3.63, 3.8) is 0 Å². The van der Waals surface area contributed by atoms with Crippen LogP contribution in [0.15, 0.2) is 30.6 Å². The molecule has 0 radical (unpaired) electrons. The molecule has 2 aromatic heterocycles. The lowest BCUT2D eigenvalue weighted by atomic mass is 10.2. The van der Waals surface area contributed by atoms with Crippen LogP contribution in [0.3, 0.4) is 0 Å². The number of carbonyl (C=O) groups excluding carboxylic acids is 1. The number of aryl methyl sites for hydroxylation is 1. The summed E-state index contributed by atoms with van der Waals surface area (Å²) in [4.78, 5) is 17.6. The Kier molecular flexibility index (Phi) is 6.23. The highest BCUT2D eigenvalue weighted by molar-refractivity contribution is 5.73. The summed E-state index contributed by atoms with van der Waals surface area (Å²) >= 11 is 0. The summed E-state index contributed by atoms with van der Waals surface area (Å²) in [7, 11) is 1.64. The van der Waals surface area contributed by atoms with Gasteiger partial charge < -0.3 is 10.2 Å². The normalized spacial score (nSPS) is 12.7. The first-order valence-electron chi connectivity index (χ1n) is 8.16. The van der Waals surface area contributed by atoms with E-state index in [4.69, 9.17) is 0 Å². The molecule has 0 aliphatic carbocycles. The van der Waals surface area contributed by atoms with Gasteiger partial charge in [0, 0.05) is 39.1 Å². The Hall–Kier alpha value is -2.58. The van der Waals surface area contributed by atoms with Crippen LogP contribution in [0.2, 0.25) is 0 Å². The maximum Gasteiger partial charge on any atom is 0.433 e. The molecule has 0 aliphatic rings. The molecule has 0 fully saturated rings. The van der Waals surface area contributed by atoms with Gasteiger partial charge in [-0.05, 0) is 30.5 Å². The smallest absolute Gasteiger partial charge is 0.338 e. The van der Waals surface area contributed by atoms with E-state index in [1.165, 1.54) is 11.8 Å². The van der Waals surface area contributed by atoms with Crippen LogP contribution >= 0.6 is 0 Å². The zero-order valence-electron chi connectivity index (χ0n) is 14.9. The minimum absolute atomic E-state index is 0.0648. The van der Waals surface area contributed by atoms with E-state index in [1.807, 2.05) is 6.07 Å². The van der Waals surface area contributed by atoms with Crippen molar-refractivity contribution in [2.24, 2.45) is 5.92 Å². The highest BCUT2D eigenvalue weighted by atomic mass is 19.4. The summed E-state index contributed by atoms with van der Waals surface area (Å²) in [6.45, 7) is 3.98. The van der Waals surface area contributed by atoms with Gasteiger partial charge in [-0.2, -0.15) is 18.3 Å². The number of alkyl halides is 3. The maximum atomic E-state index is 13.0. The quantitative estimate of drug-likeness (QED) is 0.851. The fraction of sp³-hybridized carbons (Fsp3) is 0.471. The Morgan fingerprint density at radius 3 is 2.77 bits per heavy atom. The van der Waals surface area contributed by atoms with Crippen molar-refractivity contribution in [2.75, 3.05) is 13.6 Å². The first kappa shape index (κ1) is 19.7. The van der Waals surface area contributed by atoms with Crippen molar-refractivity contribution in [3.05, 3.63) is 47.5 Å². The monoisotopic (exact) mass is 369 g/mol. The number of nitrogens with zero attached hydrogens (tertiary/aromatic N) is 4. The van der Waals surface area contributed by atoms with Crippen LogP contribution in [0.4, 0.5) is 18.0 Å². The third-order valence-electron chi connectivity index (χ3n) is 3.77. The van der Waals surface area contributed by atoms with Gasteiger partial charge in [0.15, 0.2) is 0 Å². The first-order valence-corrected chi connectivity index (χ1v) is 8.16. The third kappa shape index (κ3) is 5.47. The van der Waals surface area contributed by atoms with Crippen molar-refractivity contribution >= 4 is 6.03 Å². The second-order valence-electron chi connectivity index (χ2n) is 6.36. The van der Waals surface area contributed by atoms with E-state index in [2.05, 4.69) is 15.4 Å². The van der Waals surface area contributed by atoms with Crippen LogP contribution in [0, 0.1) is 12.8 Å². The Balaban J connectivity index is 1.87. The molecule has 0 unspecified atom stereocenters. The molecule has 26 heavy (non-hydrogen) atoms. The number of amides is 2. The molecule has 1 atom stereocenters. The van der Waals surface area contributed by atoms with E-state index >= 15 is 0 Å². The second kappa shape index (κ2) is 8.20. The molecule has 0 aliphatic heterocycles. The van der Waals surface area contributed by atoms with Crippen molar-refractivity contribution in [3.8, 4) is 0 Å². The molecular formula is C17H22F3N5O. The van der Waals surface area contributed by atoms with Gasteiger partial charge in [-0.25, -0.2) is 4.79 Å². The van der Waals surface area contributed by atoms with Gasteiger partial charge >= 0.3 is 12.2 Å². The molecule has 0 saturated carbocycles. The number of rotatable bonds is 6. The van der Waals surface area contributed by atoms with Crippen molar-refractivity contribution < 1.29 is 18.0 Å². The van der Waals surface area contributed by atoms with Gasteiger partial charge in [0.05, 0.1) is 5.69 Å². The molecule has 6 nitrogen and oxygen atoms in total. The van der Waals surface area contributed by atoms with Crippen LogP contribution in [-0.2, 0) is 19.3 Å². The summed E-state index contributed by atoms with van der Waals surface area (Å²) < 4.78 is 39.9. The molecule has 2 heterocycles. The van der Waals surface area contributed by atoms with Gasteiger partial charge in [-0.15, -0.1) is 0 Å². The molecule has 0 aromatic carbocycles. The van der Waals surface area contributed by atoms with E-state index in [0.717, 1.165) is 16.3 Å². The predicted molar refractivity (Wildman–Crippen MR) is 90.2 cm³/mol. The minimum Gasteiger partial charge on any atom is -0.338 e. The van der Waals surface area contributed by atoms with Crippen molar-refractivity contribution in [2.45, 2.75) is 33.1 Å². The van der Waals surface area contributed by atoms with Crippen LogP contribution in [0.25, 0.3) is 0 Å². The first-order chi connectivity index (χ1) is 12.2. The van der Waals surface area contributed by atoms with E-state index in [1.54, 1.807) is 32.4 Å². The largest absolute Gasteiger partial charge is 0.433 e. The molecule has 1 N–H and O–H groups in total. The number of hydrogen-bond donors (Lipinski definition) is 1. The van der Waals surface area contributed by atoms with Crippen molar-refractivity contribution in [1.82, 2.24) is 25.0 Å². The number of urea groups is 1. The van der Waals surface area contributed by atoms with Gasteiger partial charge in [-0.1, -0.05) is 13.0 Å². The third-order valence-corrected chi connectivity index (χ3v) is 3.77. The maximum absolute atomic E-state index is 13.0. The predicted octanol–water partition coefficient (Wildman–Crippen LogP) is 3.08. The number of aromatic nitrogens is 3. The van der Waals surface area contributed by atoms with Crippen LogP contribution < -0.4 is 5.32 Å². The van der Waals surface area contributed by atoms with E-state index < -0.39 is 11.9 Å². The average Bonchev–Trinajstić information content (AvgIpc) is 2.94. The number of pyridine rings is 1. The number of nitrogens with one attached hydrogen (secondary N) is 1. The average molecular weight is 369 g/mol. The Morgan fingerprint density at radius 1 is 1.42 bits per heavy atom. The fourth-order valence-corrected chi connectivity index (χ4v) is 2.51. The van der Waals surface area contributed by atoms with E-state index in [0.29, 0.717) is 12.2 Å². The standard InChI is InChI=1S/C17H22F3N5O/c1-12(10-25-15(17(18,19)20)7-13(2)23-25)8-22-16(26)24(3)11-14-5-4-6-21-9-14/h4-7,9,12H,8,10-11H2,1-3H3,(H,22,26)/t12-/m0/s1. The molecule has 2 aromatic rings. The molecule has 0 saturated heterocycles. The summed E-state index contributed by atoms with van der Waals surface area (Å²) in [5, 5.41) is 6.63. The molecule has 9 heteroatoms. The zero-order valence-corrected chi connectivity index (χ0v) is 14.9. The topological polar surface area (TPSA) is 63.1 Å². The number of halogens is 3. The lowest BCUT2D eigenvalue weighted by Crippen LogP contribution is -2.39. The second-order valence-corrected chi connectivity index (χ2v) is 6.36. The van der Waals surface area contributed by atoms with Gasteiger partial charge in [0.2, 0.25) is 0 Å². The molecule has 2 rings (SSSR count). The summed E-state index contributed by atoms with van der Waals surface area (Å²) in [5.74, 6) is -0.217. The van der Waals surface area contributed by atoms with Gasteiger partial charge in [0.25, 0.3) is 0 Å². The summed E-state index contributed by atoms with van der Waals surface area (Å²) in [6.07, 6.45) is -1.13. The minimum atomic E-state index is -4.45. The fourth-order valence-electron chi connectivity index (χ4n) is 2.51. The number of carbonyl (C=O) groups is 1. The van der Waals surface area contributed by atoms with Crippen molar-refractivity contribution in [1.29, 1.82) is 0 Å². The molecular weight excluding hydrogens is 347 g/mol. The molecule has 0 bridgehead atoms. The Labute approximate surface area is 150 Å². The van der Waals surface area contributed by atoms with Gasteiger partial charge in [-0.3, -0.25) is 9.67 Å². The molecule has 142 valence electrons. The van der Waals surface area contributed by atoms with Crippen LogP contribution in [0.1, 0.15) is 23.9 Å². The van der Waals surface area contributed by atoms with Gasteiger partial charge in [0.1, 0.15) is 5.69 Å². The summed E-state index contributed by atoms with van der Waals surface area (Å²) in [5.41, 5.74) is 0.423. The SMILES string of the molecule is Cc1cc(C(F)(F)F)n(C[C@@H](C)CNC(=O)N(C)Cc2cccnc2)n1. The highest BCUT2D eigenvalue weighted by Gasteiger charge is 2.35. The van der Waals surface area contributed by atoms with Crippen LogP contribution in [-0.4, -0.2) is 39.3 Å². The Morgan fingerprint density at radius 2 is 2.15 bits per heavy atom. The lowest BCUT2D eigenvalue weighted by molar-refractivity contribution is -0.144. The molecule has 0 spiro atoms. The number of hydrogen-bond acceptors (Lipinski definition) is 3. The van der Waals surface area contributed by atoms with E-state index in [-0.39, 0.29) is 25.0 Å².